The molecule has 8 bridgehead atoms. The Hall–Kier alpha value is -8.24. The number of amides is 1. The summed E-state index contributed by atoms with van der Waals surface area (Å²) in [6.45, 7) is 0. The molecule has 0 saturated heterocycles. The third kappa shape index (κ3) is 6.60. The Bertz CT molecular complexity index is 3000. The average molecular weight is 758 g/mol. The van der Waals surface area contributed by atoms with Gasteiger partial charge in [-0.3, -0.25) is 4.79 Å². The van der Waals surface area contributed by atoms with Crippen molar-refractivity contribution in [2.45, 2.75) is 0 Å². The number of carbonyl (C=O) groups is 3. The highest BCUT2D eigenvalue weighted by atomic mass is 16.4. The van der Waals surface area contributed by atoms with Crippen LogP contribution in [0.4, 0.5) is 0 Å². The number of nitrogens with zero attached hydrogens (tertiary/aromatic N) is 3. The first-order valence-corrected chi connectivity index (χ1v) is 18.3. The number of benzene rings is 4. The van der Waals surface area contributed by atoms with Crippen molar-refractivity contribution < 1.29 is 24.6 Å². The summed E-state index contributed by atoms with van der Waals surface area (Å²) >= 11 is 0. The van der Waals surface area contributed by atoms with Gasteiger partial charge in [0, 0.05) is 49.9 Å². The summed E-state index contributed by atoms with van der Waals surface area (Å²) in [5, 5.41) is 18.5. The zero-order valence-electron chi connectivity index (χ0n) is 30.5. The van der Waals surface area contributed by atoms with Gasteiger partial charge < -0.3 is 20.2 Å². The summed E-state index contributed by atoms with van der Waals surface area (Å²) in [4.78, 5) is 57.0. The lowest BCUT2D eigenvalue weighted by Gasteiger charge is -2.07. The van der Waals surface area contributed by atoms with E-state index in [1.54, 1.807) is 12.1 Å². The molecule has 7 aromatic rings. The largest absolute Gasteiger partial charge is 0.476 e. The van der Waals surface area contributed by atoms with Gasteiger partial charge in [-0.15, -0.1) is 0 Å². The van der Waals surface area contributed by atoms with Crippen molar-refractivity contribution in [1.29, 1.82) is 0 Å². The molecule has 1 amide bonds. The summed E-state index contributed by atoms with van der Waals surface area (Å²) in [7, 11) is 0. The number of hydrogen-bond acceptors (Lipinski definition) is 5. The fourth-order valence-electron chi connectivity index (χ4n) is 7.37. The third-order valence-corrected chi connectivity index (χ3v) is 9.98. The highest BCUT2D eigenvalue weighted by Crippen LogP contribution is 2.38. The second-order valence-corrected chi connectivity index (χ2v) is 13.6. The van der Waals surface area contributed by atoms with Gasteiger partial charge in [0.25, 0.3) is 5.91 Å². The molecular formula is C48H31N5O5. The van der Waals surface area contributed by atoms with Crippen LogP contribution < -0.4 is 0 Å². The second kappa shape index (κ2) is 14.8. The van der Waals surface area contributed by atoms with Gasteiger partial charge in [0.05, 0.1) is 22.8 Å². The first-order chi connectivity index (χ1) is 28.3. The van der Waals surface area contributed by atoms with Crippen LogP contribution in [0.15, 0.2) is 145 Å². The van der Waals surface area contributed by atoms with Crippen molar-refractivity contribution in [2.24, 2.45) is 4.99 Å². The van der Waals surface area contributed by atoms with E-state index >= 15 is 0 Å². The number of aromatic amines is 2. The van der Waals surface area contributed by atoms with E-state index in [9.17, 15) is 24.6 Å². The lowest BCUT2D eigenvalue weighted by molar-refractivity contribution is -0.134. The van der Waals surface area contributed by atoms with Crippen LogP contribution >= 0.6 is 0 Å². The van der Waals surface area contributed by atoms with Crippen molar-refractivity contribution in [3.8, 4) is 44.5 Å². The van der Waals surface area contributed by atoms with Crippen LogP contribution in [-0.2, 0) is 9.59 Å². The topological polar surface area (TPSA) is 161 Å². The molecule has 2 aliphatic rings. The van der Waals surface area contributed by atoms with Crippen LogP contribution in [0, 0.1) is 0 Å². The summed E-state index contributed by atoms with van der Waals surface area (Å²) in [5.74, 6) is -4.61. The monoisotopic (exact) mass is 757 g/mol. The quantitative estimate of drug-likeness (QED) is 0.0929. The van der Waals surface area contributed by atoms with Crippen molar-refractivity contribution in [1.82, 2.24) is 19.9 Å². The normalized spacial score (nSPS) is 11.7. The Kier molecular flexibility index (Phi) is 9.03. The van der Waals surface area contributed by atoms with E-state index in [-0.39, 0.29) is 5.56 Å². The Morgan fingerprint density at radius 3 is 1.03 bits per heavy atom. The van der Waals surface area contributed by atoms with E-state index in [0.29, 0.717) is 11.3 Å². The van der Waals surface area contributed by atoms with E-state index in [1.807, 2.05) is 85.0 Å². The Balaban J connectivity index is 1.37. The minimum atomic E-state index is -1.81. The number of hydrogen-bond donors (Lipinski definition) is 4. The van der Waals surface area contributed by atoms with Crippen LogP contribution in [0.3, 0.4) is 0 Å². The van der Waals surface area contributed by atoms with Crippen LogP contribution in [-0.4, -0.2) is 53.7 Å². The molecule has 4 aromatic carbocycles. The van der Waals surface area contributed by atoms with E-state index < -0.39 is 23.6 Å². The highest BCUT2D eigenvalue weighted by Gasteiger charge is 2.22. The van der Waals surface area contributed by atoms with Gasteiger partial charge in [0.2, 0.25) is 5.71 Å². The molecule has 10 nitrogen and oxygen atoms in total. The first kappa shape index (κ1) is 35.5. The number of fused-ring (bicyclic) bond motifs is 8. The minimum Gasteiger partial charge on any atom is -0.476 e. The standard InChI is InChI=1S/C48H31N5O5/c54-46(53-45(47(55)56)48(57)58)32-18-16-31(17-19-32)44-39-26-24-37(51-39)42(29-12-6-2-7-13-29)35-22-20-33(49-35)41(28-10-4-1-5-11-28)34-21-23-36(50-34)43(30-14-8-3-9-15-30)38-25-27-40(44)52-38/h1-27,49,52H,(H,55,56)(H,57,58). The number of carboxylic acids is 2. The molecule has 0 aliphatic carbocycles. The Labute approximate surface area is 330 Å². The maximum Gasteiger partial charge on any atom is 0.362 e. The number of aromatic nitrogens is 4. The third-order valence-electron chi connectivity index (χ3n) is 9.98. The molecule has 58 heavy (non-hydrogen) atoms. The number of nitrogens with one attached hydrogen (secondary N) is 2. The fourth-order valence-corrected chi connectivity index (χ4v) is 7.37. The number of aliphatic imine (C=N–C) groups is 1. The van der Waals surface area contributed by atoms with Gasteiger partial charge in [-0.25, -0.2) is 19.6 Å². The number of aliphatic carboxylic acids is 2. The van der Waals surface area contributed by atoms with E-state index in [0.717, 1.165) is 78.1 Å². The van der Waals surface area contributed by atoms with Crippen LogP contribution in [0.2, 0.25) is 0 Å². The van der Waals surface area contributed by atoms with E-state index in [4.69, 9.17) is 9.97 Å². The van der Waals surface area contributed by atoms with Gasteiger partial charge in [0.1, 0.15) is 0 Å². The zero-order valence-corrected chi connectivity index (χ0v) is 30.5. The molecule has 0 spiro atoms. The molecule has 2 aliphatic heterocycles. The summed E-state index contributed by atoms with van der Waals surface area (Å²) in [6, 6.07) is 44.9. The molecule has 0 unspecified atom stereocenters. The average Bonchev–Trinajstić information content (AvgIpc) is 4.09. The number of carboxylic acid groups (broad SMARTS) is 2. The Morgan fingerprint density at radius 2 is 0.724 bits per heavy atom. The predicted molar refractivity (Wildman–Crippen MR) is 228 cm³/mol. The molecule has 9 rings (SSSR count). The van der Waals surface area contributed by atoms with Crippen LogP contribution in [0.5, 0.6) is 0 Å². The number of H-pyrrole nitrogens is 2. The van der Waals surface area contributed by atoms with E-state index in [2.05, 4.69) is 69.6 Å². The smallest absolute Gasteiger partial charge is 0.362 e. The number of rotatable bonds is 7. The molecule has 278 valence electrons. The molecular weight excluding hydrogens is 727 g/mol. The maximum absolute atomic E-state index is 12.9. The summed E-state index contributed by atoms with van der Waals surface area (Å²) in [5.41, 5.74) is 12.2. The van der Waals surface area contributed by atoms with Crippen LogP contribution in [0.25, 0.3) is 90.9 Å². The van der Waals surface area contributed by atoms with Gasteiger partial charge in [-0.2, -0.15) is 4.99 Å². The van der Waals surface area contributed by atoms with Crippen LogP contribution in [0.1, 0.15) is 33.1 Å². The number of carbonyl (C=O) groups excluding carboxylic acids is 1. The molecule has 3 aromatic heterocycles. The molecule has 5 heterocycles. The van der Waals surface area contributed by atoms with Gasteiger partial charge >= 0.3 is 11.9 Å². The van der Waals surface area contributed by atoms with Crippen molar-refractivity contribution in [3.63, 3.8) is 0 Å². The molecule has 10 heteroatoms. The Morgan fingerprint density at radius 1 is 0.414 bits per heavy atom. The highest BCUT2D eigenvalue weighted by molar-refractivity contribution is 6.62. The molecule has 0 radical (unpaired) electrons. The van der Waals surface area contributed by atoms with Crippen molar-refractivity contribution >= 4 is 69.9 Å². The lowest BCUT2D eigenvalue weighted by atomic mass is 10.0. The van der Waals surface area contributed by atoms with Gasteiger partial charge in [0.15, 0.2) is 0 Å². The summed E-state index contributed by atoms with van der Waals surface area (Å²) in [6.07, 6.45) is 8.04. The van der Waals surface area contributed by atoms with Crippen molar-refractivity contribution in [3.05, 3.63) is 168 Å². The minimum absolute atomic E-state index is 0.0209. The van der Waals surface area contributed by atoms with Gasteiger partial charge in [-0.05, 0) is 83.0 Å². The zero-order chi connectivity index (χ0) is 39.8. The SMILES string of the molecule is O=C(O)C(=NC(=O)c1ccc(-c2c3nc(c(-c4ccccc4)c4ccc([nH]4)c(-c4ccccc4)c4nc(c(-c5ccccc5)c5ccc2[nH]5)C=C4)C=C3)cc1)C(=O)O. The first-order valence-electron chi connectivity index (χ1n) is 18.3. The molecule has 0 saturated carbocycles. The lowest BCUT2D eigenvalue weighted by Crippen LogP contribution is -2.24. The molecule has 4 N–H and O–H groups in total. The van der Waals surface area contributed by atoms with Crippen molar-refractivity contribution in [2.75, 3.05) is 0 Å². The second-order valence-electron chi connectivity index (χ2n) is 13.6. The van der Waals surface area contributed by atoms with Gasteiger partial charge in [-0.1, -0.05) is 103 Å². The molecule has 0 fully saturated rings. The summed E-state index contributed by atoms with van der Waals surface area (Å²) < 4.78 is 0. The fraction of sp³-hybridized carbons (Fsp3) is 0. The maximum atomic E-state index is 12.9. The van der Waals surface area contributed by atoms with E-state index in [1.165, 1.54) is 12.1 Å². The molecule has 0 atom stereocenters. The predicted octanol–water partition coefficient (Wildman–Crippen LogP) is 10.1.